The van der Waals surface area contributed by atoms with E-state index in [1.54, 1.807) is 0 Å². The quantitative estimate of drug-likeness (QED) is 0.374. The molecular weight excluding hydrogens is 439 g/mol. The Morgan fingerprint density at radius 3 is 2.58 bits per heavy atom. The highest BCUT2D eigenvalue weighted by atomic mass is 127. The molecule has 0 aliphatic carbocycles. The maximum Gasteiger partial charge on any atom is 0.193 e. The summed E-state index contributed by atoms with van der Waals surface area (Å²) >= 11 is 0. The van der Waals surface area contributed by atoms with Crippen LogP contribution in [0.4, 0.5) is 0 Å². The first-order valence-electron chi connectivity index (χ1n) is 9.60. The highest BCUT2D eigenvalue weighted by Gasteiger charge is 2.29. The number of rotatable bonds is 7. The van der Waals surface area contributed by atoms with Crippen molar-refractivity contribution in [3.63, 3.8) is 0 Å². The zero-order valence-electron chi connectivity index (χ0n) is 17.3. The topological polar surface area (TPSA) is 48.7 Å². The van der Waals surface area contributed by atoms with Crippen molar-refractivity contribution in [3.8, 4) is 0 Å². The Balaban J connectivity index is 0.00000338. The molecule has 26 heavy (non-hydrogen) atoms. The number of likely N-dealkylation sites (tertiary alicyclic amines) is 1. The molecule has 2 heterocycles. The standard InChI is InChI=1S/C19H36N6.HI/c1-7-15(8-2)16-9-10-25(14-16)19(20-3)21-12-18(23(4)5)17-11-22-24(6)13-17;/h11,13,15-16,18H,7-10,12,14H2,1-6H3,(H,20,21);1H. The maximum absolute atomic E-state index is 4.54. The number of nitrogens with one attached hydrogen (secondary N) is 1. The molecule has 1 aromatic rings. The Morgan fingerprint density at radius 2 is 2.08 bits per heavy atom. The Hall–Kier alpha value is -0.830. The smallest absolute Gasteiger partial charge is 0.193 e. The van der Waals surface area contributed by atoms with E-state index in [2.05, 4.69) is 59.3 Å². The van der Waals surface area contributed by atoms with E-state index in [0.717, 1.165) is 37.4 Å². The van der Waals surface area contributed by atoms with Crippen LogP contribution in [0.15, 0.2) is 17.4 Å². The molecule has 2 unspecified atom stereocenters. The maximum atomic E-state index is 4.54. The summed E-state index contributed by atoms with van der Waals surface area (Å²) in [5.74, 6) is 2.67. The molecule has 2 rings (SSSR count). The first kappa shape index (κ1) is 23.2. The average Bonchev–Trinajstić information content (AvgIpc) is 3.22. The molecular formula is C19H37IN6. The predicted octanol–water partition coefficient (Wildman–Crippen LogP) is 2.97. The summed E-state index contributed by atoms with van der Waals surface area (Å²) < 4.78 is 1.86. The molecule has 1 aliphatic rings. The third-order valence-electron chi connectivity index (χ3n) is 5.64. The van der Waals surface area contributed by atoms with Crippen molar-refractivity contribution >= 4 is 29.9 Å². The van der Waals surface area contributed by atoms with Gasteiger partial charge in [-0.05, 0) is 32.4 Å². The molecule has 150 valence electrons. The lowest BCUT2D eigenvalue weighted by atomic mass is 9.87. The van der Waals surface area contributed by atoms with Gasteiger partial charge in [-0.3, -0.25) is 9.67 Å². The van der Waals surface area contributed by atoms with Crippen LogP contribution in [0.25, 0.3) is 0 Å². The van der Waals surface area contributed by atoms with Crippen LogP contribution in [0.3, 0.4) is 0 Å². The van der Waals surface area contributed by atoms with Crippen molar-refractivity contribution in [2.45, 2.75) is 39.2 Å². The van der Waals surface area contributed by atoms with Gasteiger partial charge in [0, 0.05) is 45.5 Å². The number of aryl methyl sites for hydroxylation is 1. The fourth-order valence-corrected chi connectivity index (χ4v) is 4.05. The predicted molar refractivity (Wildman–Crippen MR) is 120 cm³/mol. The second kappa shape index (κ2) is 11.1. The van der Waals surface area contributed by atoms with Gasteiger partial charge in [0.05, 0.1) is 12.2 Å². The molecule has 6 nitrogen and oxygen atoms in total. The van der Waals surface area contributed by atoms with Crippen LogP contribution in [-0.4, -0.2) is 66.3 Å². The number of hydrogen-bond donors (Lipinski definition) is 1. The molecule has 1 aromatic heterocycles. The number of likely N-dealkylation sites (N-methyl/N-ethyl adjacent to an activating group) is 1. The molecule has 1 saturated heterocycles. The first-order chi connectivity index (χ1) is 12.0. The Kier molecular flexibility index (Phi) is 9.92. The zero-order valence-corrected chi connectivity index (χ0v) is 19.6. The molecule has 1 N–H and O–H groups in total. The third-order valence-corrected chi connectivity index (χ3v) is 5.64. The highest BCUT2D eigenvalue weighted by molar-refractivity contribution is 14.0. The van der Waals surface area contributed by atoms with Crippen molar-refractivity contribution in [2.24, 2.45) is 23.9 Å². The van der Waals surface area contributed by atoms with Crippen LogP contribution < -0.4 is 5.32 Å². The lowest BCUT2D eigenvalue weighted by Crippen LogP contribution is -2.43. The van der Waals surface area contributed by atoms with Crippen LogP contribution in [-0.2, 0) is 7.05 Å². The molecule has 0 amide bonds. The second-order valence-electron chi connectivity index (χ2n) is 7.43. The van der Waals surface area contributed by atoms with E-state index in [1.807, 2.05) is 25.0 Å². The van der Waals surface area contributed by atoms with Gasteiger partial charge in [-0.25, -0.2) is 0 Å². The fraction of sp³-hybridized carbons (Fsp3) is 0.789. The summed E-state index contributed by atoms with van der Waals surface area (Å²) in [6, 6.07) is 0.280. The molecule has 0 radical (unpaired) electrons. The Labute approximate surface area is 176 Å². The minimum atomic E-state index is 0. The van der Waals surface area contributed by atoms with Crippen molar-refractivity contribution in [1.29, 1.82) is 0 Å². The third kappa shape index (κ3) is 5.84. The van der Waals surface area contributed by atoms with Gasteiger partial charge in [-0.15, -0.1) is 24.0 Å². The van der Waals surface area contributed by atoms with Crippen LogP contribution in [0.1, 0.15) is 44.7 Å². The summed E-state index contributed by atoms with van der Waals surface area (Å²) in [6.07, 6.45) is 7.89. The fourth-order valence-electron chi connectivity index (χ4n) is 4.05. The van der Waals surface area contributed by atoms with E-state index in [-0.39, 0.29) is 30.0 Å². The van der Waals surface area contributed by atoms with Gasteiger partial charge in [0.25, 0.3) is 0 Å². The number of guanidine groups is 1. The Morgan fingerprint density at radius 1 is 1.38 bits per heavy atom. The number of hydrogen-bond acceptors (Lipinski definition) is 3. The van der Waals surface area contributed by atoms with Gasteiger partial charge in [0.15, 0.2) is 5.96 Å². The molecule has 0 saturated carbocycles. The normalized spacial score (nSPS) is 19.2. The minimum absolute atomic E-state index is 0. The van der Waals surface area contributed by atoms with E-state index in [4.69, 9.17) is 0 Å². The summed E-state index contributed by atoms with van der Waals surface area (Å²) in [5, 5.41) is 7.91. The van der Waals surface area contributed by atoms with Gasteiger partial charge in [-0.1, -0.05) is 26.7 Å². The molecule has 7 heteroatoms. The Bertz CT molecular complexity index is 552. The lowest BCUT2D eigenvalue weighted by molar-refractivity contribution is 0.292. The van der Waals surface area contributed by atoms with Gasteiger partial charge in [0.1, 0.15) is 0 Å². The number of aliphatic imine (C=N–C) groups is 1. The van der Waals surface area contributed by atoms with Gasteiger partial charge < -0.3 is 15.1 Å². The van der Waals surface area contributed by atoms with Crippen molar-refractivity contribution in [3.05, 3.63) is 18.0 Å². The summed E-state index contributed by atoms with van der Waals surface area (Å²) in [6.45, 7) is 7.71. The van der Waals surface area contributed by atoms with Crippen molar-refractivity contribution < 1.29 is 0 Å². The lowest BCUT2D eigenvalue weighted by Gasteiger charge is -2.28. The van der Waals surface area contributed by atoms with E-state index in [9.17, 15) is 0 Å². The number of nitrogens with zero attached hydrogens (tertiary/aromatic N) is 5. The van der Waals surface area contributed by atoms with Crippen LogP contribution in [0.2, 0.25) is 0 Å². The SMILES string of the molecule is CCC(CC)C1CCN(C(=NC)NCC(c2cnn(C)c2)N(C)C)C1.I. The molecule has 0 spiro atoms. The van der Waals surface area contributed by atoms with E-state index in [1.165, 1.54) is 24.8 Å². The van der Waals surface area contributed by atoms with E-state index < -0.39 is 0 Å². The molecule has 0 aromatic carbocycles. The second-order valence-corrected chi connectivity index (χ2v) is 7.43. The number of halogens is 1. The molecule has 1 fully saturated rings. The van der Waals surface area contributed by atoms with Gasteiger partial charge in [0.2, 0.25) is 0 Å². The van der Waals surface area contributed by atoms with Gasteiger partial charge >= 0.3 is 0 Å². The zero-order chi connectivity index (χ0) is 18.4. The van der Waals surface area contributed by atoms with Crippen LogP contribution >= 0.6 is 24.0 Å². The molecule has 2 atom stereocenters. The average molecular weight is 476 g/mol. The summed E-state index contributed by atoms with van der Waals surface area (Å²) in [5.41, 5.74) is 1.23. The van der Waals surface area contributed by atoms with Gasteiger partial charge in [-0.2, -0.15) is 5.10 Å². The first-order valence-corrected chi connectivity index (χ1v) is 9.60. The largest absolute Gasteiger partial charge is 0.354 e. The van der Waals surface area contributed by atoms with E-state index >= 15 is 0 Å². The van der Waals surface area contributed by atoms with Crippen LogP contribution in [0.5, 0.6) is 0 Å². The number of aromatic nitrogens is 2. The summed E-state index contributed by atoms with van der Waals surface area (Å²) in [4.78, 5) is 9.20. The van der Waals surface area contributed by atoms with Crippen molar-refractivity contribution in [2.75, 3.05) is 40.8 Å². The van der Waals surface area contributed by atoms with E-state index in [0.29, 0.717) is 0 Å². The molecule has 0 bridgehead atoms. The molecule has 1 aliphatic heterocycles. The summed E-state index contributed by atoms with van der Waals surface area (Å²) in [7, 11) is 8.08. The van der Waals surface area contributed by atoms with Crippen LogP contribution in [0, 0.1) is 11.8 Å². The minimum Gasteiger partial charge on any atom is -0.354 e. The monoisotopic (exact) mass is 476 g/mol. The van der Waals surface area contributed by atoms with Crippen molar-refractivity contribution in [1.82, 2.24) is 24.9 Å². The highest BCUT2D eigenvalue weighted by Crippen LogP contribution is 2.28.